The third-order valence-electron chi connectivity index (χ3n) is 4.29. The molecule has 0 saturated carbocycles. The average molecular weight is 439 g/mol. The number of amides is 1. The maximum Gasteiger partial charge on any atom is 0.255 e. The number of benzene rings is 2. The molecule has 1 heterocycles. The van der Waals surface area contributed by atoms with Crippen LogP contribution in [0.3, 0.4) is 0 Å². The Morgan fingerprint density at radius 2 is 1.77 bits per heavy atom. The smallest absolute Gasteiger partial charge is 0.255 e. The number of pyridine rings is 1. The quantitative estimate of drug-likeness (QED) is 0.408. The molecule has 1 aromatic heterocycles. The fourth-order valence-corrected chi connectivity index (χ4v) is 4.11. The molecule has 2 aromatic carbocycles. The summed E-state index contributed by atoms with van der Waals surface area (Å²) in [7, 11) is -2.44. The molecule has 0 fully saturated rings. The number of methoxy groups -OCH3 is 1. The highest BCUT2D eigenvalue weighted by Crippen LogP contribution is 2.21. The molecule has 0 spiro atoms. The molecule has 1 amide bonds. The number of nitrogens with one attached hydrogen (secondary N) is 1. The van der Waals surface area contributed by atoms with Crippen LogP contribution in [0.1, 0.15) is 11.3 Å². The molecule has 3 aromatic rings. The molecule has 31 heavy (non-hydrogen) atoms. The lowest BCUT2D eigenvalue weighted by molar-refractivity contribution is -0.121. The summed E-state index contributed by atoms with van der Waals surface area (Å²) in [6.07, 6.45) is 2.99. The fraction of sp³-hybridized carbons (Fsp3) is 0.136. The number of aromatic nitrogens is 1. The van der Waals surface area contributed by atoms with E-state index < -0.39 is 22.5 Å². The predicted molar refractivity (Wildman–Crippen MR) is 117 cm³/mol. The van der Waals surface area contributed by atoms with Gasteiger partial charge in [-0.15, -0.1) is 0 Å². The number of rotatable bonds is 9. The van der Waals surface area contributed by atoms with Crippen molar-refractivity contribution in [2.75, 3.05) is 13.7 Å². The molecule has 0 aliphatic heterocycles. The summed E-state index contributed by atoms with van der Waals surface area (Å²) in [6.45, 7) is -0.366. The van der Waals surface area contributed by atoms with Crippen LogP contribution in [0.25, 0.3) is 0 Å². The molecular weight excluding hydrogens is 416 g/mol. The SMILES string of the molecule is COc1ccc(S(=O)(=O)N(CC(=O)N/N=C\c2ccccn2)Cc2ccccc2)cc1. The summed E-state index contributed by atoms with van der Waals surface area (Å²) < 4.78 is 32.6. The van der Waals surface area contributed by atoms with Crippen LogP contribution in [-0.2, 0) is 21.4 Å². The molecule has 0 atom stereocenters. The standard InChI is InChI=1S/C22H22N4O4S/c1-30-20-10-12-21(13-11-20)31(28,29)26(16-18-7-3-2-4-8-18)17-22(27)25-24-15-19-9-5-6-14-23-19/h2-15H,16-17H2,1H3,(H,25,27)/b24-15-. The number of hydrazone groups is 1. The zero-order valence-corrected chi connectivity index (χ0v) is 17.7. The van der Waals surface area contributed by atoms with E-state index in [1.54, 1.807) is 48.7 Å². The van der Waals surface area contributed by atoms with Crippen LogP contribution in [0, 0.1) is 0 Å². The third kappa shape index (κ3) is 6.21. The Morgan fingerprint density at radius 1 is 1.06 bits per heavy atom. The van der Waals surface area contributed by atoms with Gasteiger partial charge >= 0.3 is 0 Å². The Morgan fingerprint density at radius 3 is 2.42 bits per heavy atom. The number of carbonyl (C=O) groups is 1. The highest BCUT2D eigenvalue weighted by molar-refractivity contribution is 7.89. The van der Waals surface area contributed by atoms with Crippen molar-refractivity contribution in [2.45, 2.75) is 11.4 Å². The van der Waals surface area contributed by atoms with Crippen LogP contribution in [0.4, 0.5) is 0 Å². The van der Waals surface area contributed by atoms with Gasteiger partial charge in [-0.25, -0.2) is 13.8 Å². The highest BCUT2D eigenvalue weighted by Gasteiger charge is 2.27. The number of hydrogen-bond donors (Lipinski definition) is 1. The van der Waals surface area contributed by atoms with Gasteiger partial charge in [-0.05, 0) is 42.0 Å². The fourth-order valence-electron chi connectivity index (χ4n) is 2.73. The molecule has 3 rings (SSSR count). The summed E-state index contributed by atoms with van der Waals surface area (Å²) in [5.74, 6) is -0.0321. The van der Waals surface area contributed by atoms with E-state index in [-0.39, 0.29) is 11.4 Å². The molecule has 160 valence electrons. The minimum Gasteiger partial charge on any atom is -0.497 e. The van der Waals surface area contributed by atoms with Crippen molar-refractivity contribution >= 4 is 22.1 Å². The van der Waals surface area contributed by atoms with Gasteiger partial charge in [-0.3, -0.25) is 9.78 Å². The lowest BCUT2D eigenvalue weighted by atomic mass is 10.2. The number of carbonyl (C=O) groups excluding carboxylic acids is 1. The maximum absolute atomic E-state index is 13.2. The van der Waals surface area contributed by atoms with Crippen molar-refractivity contribution in [3.05, 3.63) is 90.3 Å². The summed E-state index contributed by atoms with van der Waals surface area (Å²) in [5.41, 5.74) is 3.67. The van der Waals surface area contributed by atoms with E-state index in [0.717, 1.165) is 9.87 Å². The molecule has 8 nitrogen and oxygen atoms in total. The Labute approximate surface area is 181 Å². The van der Waals surface area contributed by atoms with Crippen LogP contribution in [0.2, 0.25) is 0 Å². The normalized spacial score (nSPS) is 11.5. The predicted octanol–water partition coefficient (Wildman–Crippen LogP) is 2.43. The van der Waals surface area contributed by atoms with Gasteiger partial charge in [0.1, 0.15) is 5.75 Å². The van der Waals surface area contributed by atoms with Gasteiger partial charge in [0.2, 0.25) is 10.0 Å². The van der Waals surface area contributed by atoms with Crippen LogP contribution in [-0.4, -0.2) is 43.5 Å². The van der Waals surface area contributed by atoms with E-state index in [4.69, 9.17) is 4.74 Å². The lowest BCUT2D eigenvalue weighted by Crippen LogP contribution is -2.39. The van der Waals surface area contributed by atoms with E-state index in [0.29, 0.717) is 11.4 Å². The topological polar surface area (TPSA) is 101 Å². The van der Waals surface area contributed by atoms with E-state index in [2.05, 4.69) is 15.5 Å². The molecule has 0 radical (unpaired) electrons. The zero-order chi connectivity index (χ0) is 22.1. The van der Waals surface area contributed by atoms with Crippen molar-refractivity contribution < 1.29 is 17.9 Å². The Balaban J connectivity index is 1.78. The average Bonchev–Trinajstić information content (AvgIpc) is 2.80. The summed E-state index contributed by atoms with van der Waals surface area (Å²) in [5, 5.41) is 3.85. The molecular formula is C22H22N4O4S. The van der Waals surface area contributed by atoms with Crippen LogP contribution >= 0.6 is 0 Å². The molecule has 0 aliphatic carbocycles. The molecule has 9 heteroatoms. The first-order valence-corrected chi connectivity index (χ1v) is 10.8. The highest BCUT2D eigenvalue weighted by atomic mass is 32.2. The Bertz CT molecular complexity index is 1120. The Hall–Kier alpha value is -3.56. The number of nitrogens with zero attached hydrogens (tertiary/aromatic N) is 3. The van der Waals surface area contributed by atoms with Gasteiger partial charge in [-0.1, -0.05) is 36.4 Å². The molecule has 0 bridgehead atoms. The van der Waals surface area contributed by atoms with Crippen molar-refractivity contribution in [1.82, 2.24) is 14.7 Å². The number of sulfonamides is 1. The van der Waals surface area contributed by atoms with Crippen molar-refractivity contribution in [3.8, 4) is 5.75 Å². The summed E-state index contributed by atoms with van der Waals surface area (Å²) in [4.78, 5) is 16.6. The van der Waals surface area contributed by atoms with Gasteiger partial charge in [0.15, 0.2) is 0 Å². The van der Waals surface area contributed by atoms with Gasteiger partial charge in [0.25, 0.3) is 5.91 Å². The first-order valence-electron chi connectivity index (χ1n) is 9.40. The second-order valence-electron chi connectivity index (χ2n) is 6.48. The minimum atomic E-state index is -3.94. The molecule has 0 saturated heterocycles. The van der Waals surface area contributed by atoms with Crippen molar-refractivity contribution in [3.63, 3.8) is 0 Å². The monoisotopic (exact) mass is 438 g/mol. The van der Waals surface area contributed by atoms with Crippen LogP contribution < -0.4 is 10.2 Å². The van der Waals surface area contributed by atoms with E-state index in [9.17, 15) is 13.2 Å². The van der Waals surface area contributed by atoms with E-state index in [1.165, 1.54) is 25.5 Å². The molecule has 0 unspecified atom stereocenters. The van der Waals surface area contributed by atoms with Crippen molar-refractivity contribution in [1.29, 1.82) is 0 Å². The first-order chi connectivity index (χ1) is 15.0. The van der Waals surface area contributed by atoms with E-state index in [1.807, 2.05) is 18.2 Å². The minimum absolute atomic E-state index is 0.0343. The lowest BCUT2D eigenvalue weighted by Gasteiger charge is -2.21. The second kappa shape index (κ2) is 10.5. The Kier molecular flexibility index (Phi) is 7.47. The van der Waals surface area contributed by atoms with Crippen LogP contribution in [0.5, 0.6) is 5.75 Å². The molecule has 1 N–H and O–H groups in total. The van der Waals surface area contributed by atoms with Gasteiger partial charge < -0.3 is 4.74 Å². The largest absolute Gasteiger partial charge is 0.497 e. The summed E-state index contributed by atoms with van der Waals surface area (Å²) in [6, 6.07) is 20.4. The van der Waals surface area contributed by atoms with Gasteiger partial charge in [-0.2, -0.15) is 9.41 Å². The number of hydrogen-bond acceptors (Lipinski definition) is 6. The van der Waals surface area contributed by atoms with Crippen molar-refractivity contribution in [2.24, 2.45) is 5.10 Å². The summed E-state index contributed by atoms with van der Waals surface area (Å²) >= 11 is 0. The number of ether oxygens (including phenoxy) is 1. The van der Waals surface area contributed by atoms with Gasteiger partial charge in [0, 0.05) is 12.7 Å². The first kappa shape index (κ1) is 22.1. The van der Waals surface area contributed by atoms with Crippen LogP contribution in [0.15, 0.2) is 89.0 Å². The zero-order valence-electron chi connectivity index (χ0n) is 16.9. The van der Waals surface area contributed by atoms with E-state index >= 15 is 0 Å². The molecule has 0 aliphatic rings. The van der Waals surface area contributed by atoms with Gasteiger partial charge in [0.05, 0.1) is 30.5 Å². The third-order valence-corrected chi connectivity index (χ3v) is 6.10. The second-order valence-corrected chi connectivity index (χ2v) is 8.42. The maximum atomic E-state index is 13.2.